The van der Waals surface area contributed by atoms with E-state index in [2.05, 4.69) is 200 Å². The molecule has 0 aliphatic heterocycles. The van der Waals surface area contributed by atoms with Gasteiger partial charge in [-0.15, -0.1) is 0 Å². The summed E-state index contributed by atoms with van der Waals surface area (Å²) in [6.45, 7) is 0. The van der Waals surface area contributed by atoms with Crippen molar-refractivity contribution < 1.29 is 0 Å². The first-order valence-corrected chi connectivity index (χ1v) is 20.3. The summed E-state index contributed by atoms with van der Waals surface area (Å²) in [4.78, 5) is 15.6. The van der Waals surface area contributed by atoms with Crippen LogP contribution in [-0.2, 0) is 0 Å². The molecule has 0 atom stereocenters. The zero-order chi connectivity index (χ0) is 39.8. The molecule has 0 unspecified atom stereocenters. The number of aromatic nitrogens is 3. The van der Waals surface area contributed by atoms with Crippen molar-refractivity contribution in [3.8, 4) is 78.5 Å². The van der Waals surface area contributed by atoms with Crippen molar-refractivity contribution in [3.63, 3.8) is 0 Å². The summed E-state index contributed by atoms with van der Waals surface area (Å²) in [5.74, 6) is 0.697. The number of fused-ring (bicyclic) bond motifs is 4. The fourth-order valence-electron chi connectivity index (χ4n) is 8.53. The normalized spacial score (nSPS) is 11.3. The van der Waals surface area contributed by atoms with E-state index >= 15 is 0 Å². The average molecular weight is 764 g/mol. The molecule has 0 amide bonds. The van der Waals surface area contributed by atoms with Gasteiger partial charge in [0.1, 0.15) is 0 Å². The number of nitrogens with zero attached hydrogens (tertiary/aromatic N) is 3. The molecule has 0 aliphatic carbocycles. The Hall–Kier alpha value is -8.01. The Morgan fingerprint density at radius 1 is 0.250 bits per heavy atom. The molecule has 11 aromatic rings. The van der Waals surface area contributed by atoms with Gasteiger partial charge in [-0.25, -0.2) is 15.0 Å². The van der Waals surface area contributed by atoms with Crippen LogP contribution in [0.4, 0.5) is 0 Å². The monoisotopic (exact) mass is 763 g/mol. The van der Waals surface area contributed by atoms with Crippen LogP contribution in [0.1, 0.15) is 0 Å². The summed E-state index contributed by atoms with van der Waals surface area (Å²) in [6, 6.07) is 79.3. The van der Waals surface area contributed by atoms with E-state index in [-0.39, 0.29) is 0 Å². The van der Waals surface area contributed by atoms with Gasteiger partial charge in [-0.2, -0.15) is 0 Å². The molecule has 0 fully saturated rings. The van der Waals surface area contributed by atoms with Crippen molar-refractivity contribution in [2.75, 3.05) is 0 Å². The lowest BCUT2D eigenvalue weighted by Crippen LogP contribution is -1.97. The number of benzene rings is 9. The first kappa shape index (κ1) is 35.2. The summed E-state index contributed by atoms with van der Waals surface area (Å²) < 4.78 is 0. The van der Waals surface area contributed by atoms with Crippen molar-refractivity contribution in [1.82, 2.24) is 15.0 Å². The largest absolute Gasteiger partial charge is 0.248 e. The third kappa shape index (κ3) is 6.49. The van der Waals surface area contributed by atoms with E-state index in [1.54, 1.807) is 0 Å². The van der Waals surface area contributed by atoms with Crippen molar-refractivity contribution >= 4 is 32.4 Å². The fourth-order valence-corrected chi connectivity index (χ4v) is 8.53. The second-order valence-corrected chi connectivity index (χ2v) is 15.2. The van der Waals surface area contributed by atoms with Crippen LogP contribution in [0.15, 0.2) is 224 Å². The molecule has 0 N–H and O–H groups in total. The predicted molar refractivity (Wildman–Crippen MR) is 250 cm³/mol. The molecule has 9 aromatic carbocycles. The molecule has 0 bridgehead atoms. The number of rotatable bonds is 7. The minimum atomic E-state index is 0.697. The topological polar surface area (TPSA) is 38.7 Å². The van der Waals surface area contributed by atoms with Crippen LogP contribution in [-0.4, -0.2) is 15.0 Å². The van der Waals surface area contributed by atoms with E-state index in [0.29, 0.717) is 5.82 Å². The van der Waals surface area contributed by atoms with Gasteiger partial charge in [0.15, 0.2) is 5.82 Å². The highest BCUT2D eigenvalue weighted by molar-refractivity contribution is 6.14. The van der Waals surface area contributed by atoms with Crippen molar-refractivity contribution in [2.24, 2.45) is 0 Å². The lowest BCUT2D eigenvalue weighted by molar-refractivity contribution is 1.18. The Morgan fingerprint density at radius 2 is 0.750 bits per heavy atom. The van der Waals surface area contributed by atoms with E-state index in [1.807, 2.05) is 24.3 Å². The fraction of sp³-hybridized carbons (Fsp3) is 0. The summed E-state index contributed by atoms with van der Waals surface area (Å²) in [5.41, 5.74) is 14.9. The molecule has 280 valence electrons. The lowest BCUT2D eigenvalue weighted by atomic mass is 9.90. The molecule has 0 saturated heterocycles. The van der Waals surface area contributed by atoms with Gasteiger partial charge in [-0.05, 0) is 79.2 Å². The molecule has 0 aliphatic rings. The van der Waals surface area contributed by atoms with Gasteiger partial charge < -0.3 is 0 Å². The molecular weight excluding hydrogens is 727 g/mol. The van der Waals surface area contributed by atoms with Gasteiger partial charge in [0.25, 0.3) is 0 Å². The zero-order valence-corrected chi connectivity index (χ0v) is 32.7. The molecule has 3 nitrogen and oxygen atoms in total. The van der Waals surface area contributed by atoms with Gasteiger partial charge >= 0.3 is 0 Å². The highest BCUT2D eigenvalue weighted by Crippen LogP contribution is 2.41. The Kier molecular flexibility index (Phi) is 8.83. The molecule has 0 radical (unpaired) electrons. The van der Waals surface area contributed by atoms with Crippen LogP contribution in [0.5, 0.6) is 0 Å². The molecule has 2 heterocycles. The third-order valence-electron chi connectivity index (χ3n) is 11.5. The number of pyridine rings is 1. The molecule has 0 spiro atoms. The summed E-state index contributed by atoms with van der Waals surface area (Å²) >= 11 is 0. The van der Waals surface area contributed by atoms with Crippen molar-refractivity contribution in [2.45, 2.75) is 0 Å². The maximum Gasteiger partial charge on any atom is 0.160 e. The summed E-state index contributed by atoms with van der Waals surface area (Å²) in [5, 5.41) is 5.86. The average Bonchev–Trinajstić information content (AvgIpc) is 3.34. The van der Waals surface area contributed by atoms with E-state index in [9.17, 15) is 0 Å². The maximum atomic E-state index is 5.24. The Balaban J connectivity index is 1.05. The second kappa shape index (κ2) is 15.1. The van der Waals surface area contributed by atoms with E-state index in [1.165, 1.54) is 21.9 Å². The molecule has 0 saturated carbocycles. The van der Waals surface area contributed by atoms with Gasteiger partial charge in [0.05, 0.1) is 22.6 Å². The quantitative estimate of drug-likeness (QED) is 0.152. The number of hydrogen-bond donors (Lipinski definition) is 0. The third-order valence-corrected chi connectivity index (χ3v) is 11.5. The minimum Gasteiger partial charge on any atom is -0.248 e. The smallest absolute Gasteiger partial charge is 0.160 e. The number of hydrogen-bond acceptors (Lipinski definition) is 3. The van der Waals surface area contributed by atoms with Gasteiger partial charge in [0.2, 0.25) is 0 Å². The lowest BCUT2D eigenvalue weighted by Gasteiger charge is -2.16. The SMILES string of the molecule is c1ccc(-c2ccc(-c3cc(-c4ccc(-c5cccc(-c6cc(-c7ccccc7)nc7ccc8ccccc8c67)c5)c5ccccc45)nc(-c4ccccc4)n3)cc2)cc1. The van der Waals surface area contributed by atoms with Crippen molar-refractivity contribution in [1.29, 1.82) is 0 Å². The summed E-state index contributed by atoms with van der Waals surface area (Å²) in [7, 11) is 0. The highest BCUT2D eigenvalue weighted by atomic mass is 14.9. The van der Waals surface area contributed by atoms with E-state index in [4.69, 9.17) is 15.0 Å². The molecule has 2 aromatic heterocycles. The van der Waals surface area contributed by atoms with Crippen LogP contribution in [0.25, 0.3) is 111 Å². The van der Waals surface area contributed by atoms with Crippen LogP contribution in [0, 0.1) is 0 Å². The zero-order valence-electron chi connectivity index (χ0n) is 32.7. The van der Waals surface area contributed by atoms with Crippen LogP contribution >= 0.6 is 0 Å². The maximum absolute atomic E-state index is 5.24. The Bertz CT molecular complexity index is 3340. The predicted octanol–water partition coefficient (Wildman–Crippen LogP) is 15.0. The van der Waals surface area contributed by atoms with Gasteiger partial charge in [-0.3, -0.25) is 0 Å². The first-order valence-electron chi connectivity index (χ1n) is 20.3. The Morgan fingerprint density at radius 3 is 1.48 bits per heavy atom. The van der Waals surface area contributed by atoms with Gasteiger partial charge in [-0.1, -0.05) is 200 Å². The molecule has 3 heteroatoms. The Labute approximate surface area is 349 Å². The molecule has 60 heavy (non-hydrogen) atoms. The molecular formula is C57H37N3. The van der Waals surface area contributed by atoms with Crippen LogP contribution < -0.4 is 0 Å². The van der Waals surface area contributed by atoms with Crippen LogP contribution in [0.3, 0.4) is 0 Å². The summed E-state index contributed by atoms with van der Waals surface area (Å²) in [6.07, 6.45) is 0. The van der Waals surface area contributed by atoms with Crippen LogP contribution in [0.2, 0.25) is 0 Å². The van der Waals surface area contributed by atoms with Gasteiger partial charge in [0, 0.05) is 27.6 Å². The van der Waals surface area contributed by atoms with E-state index in [0.717, 1.165) is 83.3 Å². The van der Waals surface area contributed by atoms with E-state index < -0.39 is 0 Å². The second-order valence-electron chi connectivity index (χ2n) is 15.2. The minimum absolute atomic E-state index is 0.697. The van der Waals surface area contributed by atoms with Crippen molar-refractivity contribution in [3.05, 3.63) is 224 Å². The standard InChI is InChI=1S/C57H37N3/c1-4-15-38(16-5-1)39-27-29-42(30-28-39)54-37-55(60-57(59-54)43-20-8-3-9-21-43)50-33-32-46(48-25-12-13-26-49(48)50)44-22-14-23-45(35-44)51-36-53(41-18-6-2-7-19-41)58-52-34-31-40-17-10-11-24-47(40)56(51)52/h1-37H. The molecule has 11 rings (SSSR count). The first-order chi connectivity index (χ1) is 29.7. The highest BCUT2D eigenvalue weighted by Gasteiger charge is 2.17.